The van der Waals surface area contributed by atoms with E-state index in [0.29, 0.717) is 12.5 Å². The normalized spacial score (nSPS) is 30.0. The molecular weight excluding hydrogens is 156 g/mol. The van der Waals surface area contributed by atoms with Crippen LogP contribution in [-0.4, -0.2) is 30.7 Å². The van der Waals surface area contributed by atoms with E-state index in [-0.39, 0.29) is 19.0 Å². The number of rotatable bonds is 4. The van der Waals surface area contributed by atoms with Crippen LogP contribution in [0.1, 0.15) is 26.7 Å². The first kappa shape index (κ1) is 9.96. The summed E-state index contributed by atoms with van der Waals surface area (Å²) in [7, 11) is 0. The number of aliphatic hydroxyl groups excluding tert-OH is 1. The van der Waals surface area contributed by atoms with E-state index in [2.05, 4.69) is 13.8 Å². The molecule has 0 bridgehead atoms. The lowest BCUT2D eigenvalue weighted by atomic mass is 10.0. The van der Waals surface area contributed by atoms with Gasteiger partial charge < -0.3 is 14.6 Å². The Morgan fingerprint density at radius 2 is 2.08 bits per heavy atom. The van der Waals surface area contributed by atoms with Gasteiger partial charge in [-0.15, -0.1) is 0 Å². The molecule has 0 aliphatic carbocycles. The monoisotopic (exact) mass is 174 g/mol. The molecule has 1 fully saturated rings. The molecule has 0 saturated carbocycles. The van der Waals surface area contributed by atoms with Crippen LogP contribution in [-0.2, 0) is 9.47 Å². The molecule has 0 radical (unpaired) electrons. The predicted molar refractivity (Wildman–Crippen MR) is 45.8 cm³/mol. The highest BCUT2D eigenvalue weighted by molar-refractivity contribution is 4.69. The summed E-state index contributed by atoms with van der Waals surface area (Å²) in [4.78, 5) is 0. The van der Waals surface area contributed by atoms with E-state index < -0.39 is 0 Å². The van der Waals surface area contributed by atoms with Gasteiger partial charge in [0.15, 0.2) is 6.29 Å². The summed E-state index contributed by atoms with van der Waals surface area (Å²) in [5.74, 6) is 0.474. The largest absolute Gasteiger partial charge is 0.394 e. The van der Waals surface area contributed by atoms with Gasteiger partial charge in [-0.2, -0.15) is 0 Å². The molecule has 1 heterocycles. The van der Waals surface area contributed by atoms with Crippen molar-refractivity contribution in [3.8, 4) is 0 Å². The molecule has 3 heteroatoms. The molecule has 0 aromatic heterocycles. The van der Waals surface area contributed by atoms with Gasteiger partial charge in [0.1, 0.15) is 6.10 Å². The van der Waals surface area contributed by atoms with Crippen molar-refractivity contribution in [2.24, 2.45) is 5.92 Å². The molecule has 1 aliphatic heterocycles. The highest BCUT2D eigenvalue weighted by Gasteiger charge is 2.30. The number of hydrogen-bond acceptors (Lipinski definition) is 3. The zero-order valence-corrected chi connectivity index (χ0v) is 7.82. The summed E-state index contributed by atoms with van der Waals surface area (Å²) >= 11 is 0. The van der Waals surface area contributed by atoms with Crippen molar-refractivity contribution in [1.82, 2.24) is 0 Å². The molecule has 1 saturated heterocycles. The zero-order chi connectivity index (χ0) is 8.97. The van der Waals surface area contributed by atoms with Crippen molar-refractivity contribution >= 4 is 0 Å². The van der Waals surface area contributed by atoms with E-state index in [0.717, 1.165) is 12.8 Å². The van der Waals surface area contributed by atoms with Gasteiger partial charge in [0.05, 0.1) is 13.2 Å². The summed E-state index contributed by atoms with van der Waals surface area (Å²) in [5, 5.41) is 8.81. The van der Waals surface area contributed by atoms with Crippen LogP contribution in [0.25, 0.3) is 0 Å². The van der Waals surface area contributed by atoms with Gasteiger partial charge in [-0.05, 0) is 12.8 Å². The van der Waals surface area contributed by atoms with Crippen molar-refractivity contribution in [3.05, 3.63) is 0 Å². The van der Waals surface area contributed by atoms with E-state index in [1.54, 1.807) is 0 Å². The summed E-state index contributed by atoms with van der Waals surface area (Å²) < 4.78 is 10.9. The second-order valence-corrected chi connectivity index (χ2v) is 3.22. The number of hydrogen-bond donors (Lipinski definition) is 1. The van der Waals surface area contributed by atoms with E-state index in [1.165, 1.54) is 0 Å². The fraction of sp³-hybridized carbons (Fsp3) is 1.00. The van der Waals surface area contributed by atoms with E-state index in [1.807, 2.05) is 0 Å². The lowest BCUT2D eigenvalue weighted by Gasteiger charge is -2.19. The standard InChI is InChI=1S/C9H18O3/c1-3-7(4-2)9-11-6-8(5-10)12-9/h7-10H,3-6H2,1-2H3. The lowest BCUT2D eigenvalue weighted by Crippen LogP contribution is -2.22. The second kappa shape index (κ2) is 4.80. The van der Waals surface area contributed by atoms with Crippen LogP contribution in [0, 0.1) is 5.92 Å². The third-order valence-corrected chi connectivity index (χ3v) is 2.41. The molecule has 0 spiro atoms. The van der Waals surface area contributed by atoms with Gasteiger partial charge in [-0.3, -0.25) is 0 Å². The SMILES string of the molecule is CCC(CC)C1OCC(CO)O1. The highest BCUT2D eigenvalue weighted by atomic mass is 16.7. The van der Waals surface area contributed by atoms with Gasteiger partial charge in [-0.1, -0.05) is 13.8 Å². The molecular formula is C9H18O3. The average Bonchev–Trinajstić information content (AvgIpc) is 2.55. The van der Waals surface area contributed by atoms with Crippen molar-refractivity contribution in [1.29, 1.82) is 0 Å². The van der Waals surface area contributed by atoms with Gasteiger partial charge in [0.2, 0.25) is 0 Å². The minimum absolute atomic E-state index is 0.0661. The van der Waals surface area contributed by atoms with E-state index >= 15 is 0 Å². The Hall–Kier alpha value is -0.120. The Labute approximate surface area is 73.7 Å². The van der Waals surface area contributed by atoms with Crippen molar-refractivity contribution in [3.63, 3.8) is 0 Å². The highest BCUT2D eigenvalue weighted by Crippen LogP contribution is 2.23. The topological polar surface area (TPSA) is 38.7 Å². The van der Waals surface area contributed by atoms with Crippen LogP contribution in [0.5, 0.6) is 0 Å². The Morgan fingerprint density at radius 1 is 1.42 bits per heavy atom. The first-order valence-electron chi connectivity index (χ1n) is 4.69. The summed E-state index contributed by atoms with van der Waals surface area (Å²) in [6.45, 7) is 4.87. The fourth-order valence-electron chi connectivity index (χ4n) is 1.49. The molecule has 0 aromatic carbocycles. The van der Waals surface area contributed by atoms with Crippen molar-refractivity contribution < 1.29 is 14.6 Å². The predicted octanol–water partition coefficient (Wildman–Crippen LogP) is 1.16. The quantitative estimate of drug-likeness (QED) is 0.695. The van der Waals surface area contributed by atoms with Crippen LogP contribution >= 0.6 is 0 Å². The van der Waals surface area contributed by atoms with Crippen LogP contribution in [0.15, 0.2) is 0 Å². The van der Waals surface area contributed by atoms with Gasteiger partial charge >= 0.3 is 0 Å². The first-order chi connectivity index (χ1) is 5.81. The van der Waals surface area contributed by atoms with Gasteiger partial charge in [0, 0.05) is 5.92 Å². The van der Waals surface area contributed by atoms with Crippen molar-refractivity contribution in [2.75, 3.05) is 13.2 Å². The maximum atomic E-state index is 8.81. The van der Waals surface area contributed by atoms with Crippen LogP contribution in [0.4, 0.5) is 0 Å². The Bertz CT molecular complexity index is 123. The summed E-state index contributed by atoms with van der Waals surface area (Å²) in [5.41, 5.74) is 0. The van der Waals surface area contributed by atoms with E-state index in [4.69, 9.17) is 14.6 Å². The molecule has 2 atom stereocenters. The second-order valence-electron chi connectivity index (χ2n) is 3.22. The smallest absolute Gasteiger partial charge is 0.161 e. The molecule has 3 nitrogen and oxygen atoms in total. The van der Waals surface area contributed by atoms with E-state index in [9.17, 15) is 0 Å². The van der Waals surface area contributed by atoms with Crippen LogP contribution in [0.2, 0.25) is 0 Å². The van der Waals surface area contributed by atoms with Crippen LogP contribution < -0.4 is 0 Å². The van der Waals surface area contributed by atoms with Gasteiger partial charge in [-0.25, -0.2) is 0 Å². The number of ether oxygens (including phenoxy) is 2. The third-order valence-electron chi connectivity index (χ3n) is 2.41. The molecule has 1 rings (SSSR count). The molecule has 2 unspecified atom stereocenters. The third kappa shape index (κ3) is 2.19. The maximum Gasteiger partial charge on any atom is 0.161 e. The molecule has 0 amide bonds. The van der Waals surface area contributed by atoms with Crippen LogP contribution in [0.3, 0.4) is 0 Å². The zero-order valence-electron chi connectivity index (χ0n) is 7.82. The molecule has 1 aliphatic rings. The Kier molecular flexibility index (Phi) is 3.98. The summed E-state index contributed by atoms with van der Waals surface area (Å²) in [6.07, 6.45) is 1.95. The Balaban J connectivity index is 2.34. The molecule has 72 valence electrons. The average molecular weight is 174 g/mol. The van der Waals surface area contributed by atoms with Gasteiger partial charge in [0.25, 0.3) is 0 Å². The lowest BCUT2D eigenvalue weighted by molar-refractivity contribution is -0.103. The minimum atomic E-state index is -0.101. The molecule has 1 N–H and O–H groups in total. The van der Waals surface area contributed by atoms with Crippen molar-refractivity contribution in [2.45, 2.75) is 39.1 Å². The fourth-order valence-corrected chi connectivity index (χ4v) is 1.49. The summed E-state index contributed by atoms with van der Waals surface area (Å²) in [6, 6.07) is 0. The molecule has 0 aromatic rings. The molecule has 12 heavy (non-hydrogen) atoms. The first-order valence-corrected chi connectivity index (χ1v) is 4.69. The minimum Gasteiger partial charge on any atom is -0.394 e. The Morgan fingerprint density at radius 3 is 2.50 bits per heavy atom. The maximum absolute atomic E-state index is 8.81. The number of aliphatic hydroxyl groups is 1.